The van der Waals surface area contributed by atoms with Crippen molar-refractivity contribution in [1.82, 2.24) is 9.97 Å². The lowest BCUT2D eigenvalue weighted by molar-refractivity contribution is -0.118. The fraction of sp³-hybridized carbons (Fsp3) is 0.429. The van der Waals surface area contributed by atoms with Crippen LogP contribution >= 0.6 is 23.2 Å². The van der Waals surface area contributed by atoms with Gasteiger partial charge in [-0.15, -0.1) is 0 Å². The third-order valence-corrected chi connectivity index (χ3v) is 15.6. The van der Waals surface area contributed by atoms with Crippen molar-refractivity contribution in [2.75, 3.05) is 46.6 Å². The summed E-state index contributed by atoms with van der Waals surface area (Å²) in [7, 11) is -1.90. The van der Waals surface area contributed by atoms with E-state index in [1.54, 1.807) is 12.3 Å². The predicted octanol–water partition coefficient (Wildman–Crippen LogP) is 10.0. The number of nitrogens with one attached hydrogen (secondary N) is 2. The zero-order valence-electron chi connectivity index (χ0n) is 32.5. The Morgan fingerprint density at radius 3 is 1.49 bits per heavy atom. The molecule has 2 aliphatic heterocycles. The average Bonchev–Trinajstić information content (AvgIpc) is 3.14. The fourth-order valence-corrected chi connectivity index (χ4v) is 7.70. The number of hydrogen-bond acceptors (Lipinski definition) is 8. The molecule has 2 fully saturated rings. The third kappa shape index (κ3) is 12.9. The number of carbonyl (C=O) groups is 2. The number of aromatic nitrogens is 2. The molecule has 10 nitrogen and oxygen atoms in total. The van der Waals surface area contributed by atoms with Gasteiger partial charge in [-0.05, 0) is 128 Å². The van der Waals surface area contributed by atoms with Gasteiger partial charge in [-0.1, -0.05) is 44.0 Å². The molecule has 0 unspecified atom stereocenters. The van der Waals surface area contributed by atoms with Crippen LogP contribution < -0.4 is 24.9 Å². The fourth-order valence-electron chi connectivity index (χ4n) is 6.43. The average molecular weight is 806 g/mol. The maximum absolute atomic E-state index is 12.5. The Bertz CT molecular complexity index is 1820. The Balaban J connectivity index is 0.000000218. The summed E-state index contributed by atoms with van der Waals surface area (Å²) in [6.07, 6.45) is 8.03. The van der Waals surface area contributed by atoms with Crippen LogP contribution in [0.15, 0.2) is 85.2 Å². The molecule has 0 atom stereocenters. The normalized spacial score (nSPS) is 15.5. The van der Waals surface area contributed by atoms with Gasteiger partial charge in [0.2, 0.25) is 11.8 Å². The quantitative estimate of drug-likeness (QED) is 0.136. The van der Waals surface area contributed by atoms with E-state index in [2.05, 4.69) is 76.4 Å². The summed E-state index contributed by atoms with van der Waals surface area (Å²) in [6.45, 7) is 14.8. The molecule has 0 saturated carbocycles. The summed E-state index contributed by atoms with van der Waals surface area (Å²) in [6, 6.07) is 22.7. The van der Waals surface area contributed by atoms with Gasteiger partial charge in [-0.2, -0.15) is 0 Å². The van der Waals surface area contributed by atoms with E-state index in [0.29, 0.717) is 36.3 Å². The van der Waals surface area contributed by atoms with Crippen LogP contribution in [-0.2, 0) is 9.59 Å². The monoisotopic (exact) mass is 804 g/mol. The molecule has 294 valence electrons. The van der Waals surface area contributed by atoms with Crippen LogP contribution in [0.5, 0.6) is 11.5 Å². The van der Waals surface area contributed by atoms with Crippen molar-refractivity contribution in [3.63, 3.8) is 0 Å². The molecule has 6 rings (SSSR count). The molecule has 0 radical (unpaired) electrons. The van der Waals surface area contributed by atoms with Crippen molar-refractivity contribution < 1.29 is 19.1 Å². The second kappa shape index (κ2) is 19.0. The van der Waals surface area contributed by atoms with Gasteiger partial charge in [0.1, 0.15) is 23.1 Å². The molecule has 2 aromatic heterocycles. The first-order valence-electron chi connectivity index (χ1n) is 19.0. The Labute approximate surface area is 336 Å². The molecule has 0 bridgehead atoms. The second-order valence-corrected chi connectivity index (χ2v) is 21.6. The van der Waals surface area contributed by atoms with Crippen LogP contribution in [0.25, 0.3) is 0 Å². The molecule has 0 spiro atoms. The first-order valence-corrected chi connectivity index (χ1v) is 22.7. The largest absolute Gasteiger partial charge is 0.542 e. The lowest BCUT2D eigenvalue weighted by atomic mass is 9.93. The Hall–Kier alpha value is -4.32. The van der Waals surface area contributed by atoms with Gasteiger partial charge in [0.25, 0.3) is 8.32 Å². The molecule has 0 aliphatic carbocycles. The molecule has 2 aromatic carbocycles. The van der Waals surface area contributed by atoms with Gasteiger partial charge in [0, 0.05) is 60.4 Å². The molecule has 13 heteroatoms. The molecule has 3 N–H and O–H groups in total. The maximum Gasteiger partial charge on any atom is 0.250 e. The van der Waals surface area contributed by atoms with E-state index in [1.165, 1.54) is 23.6 Å². The first kappa shape index (κ1) is 41.8. The number of nitrogens with zero attached hydrogens (tertiary/aromatic N) is 4. The predicted molar refractivity (Wildman–Crippen MR) is 227 cm³/mol. The number of hydrogen-bond donors (Lipinski definition) is 3. The number of aromatic hydroxyl groups is 1. The molecule has 4 aromatic rings. The van der Waals surface area contributed by atoms with E-state index < -0.39 is 8.32 Å². The number of carbonyl (C=O) groups excluding carboxylic acids is 2. The van der Waals surface area contributed by atoms with Gasteiger partial charge in [0.05, 0.1) is 12.4 Å². The minimum atomic E-state index is -1.90. The summed E-state index contributed by atoms with van der Waals surface area (Å²) in [5, 5.41) is 16.5. The topological polar surface area (TPSA) is 120 Å². The maximum atomic E-state index is 12.5. The lowest BCUT2D eigenvalue weighted by Gasteiger charge is -2.36. The van der Waals surface area contributed by atoms with Gasteiger partial charge in [0.15, 0.2) is 0 Å². The van der Waals surface area contributed by atoms with Crippen molar-refractivity contribution >= 4 is 66.3 Å². The highest BCUT2D eigenvalue weighted by Gasteiger charge is 2.39. The molecular formula is C42H54Cl2N6O4Si. The number of amides is 2. The number of rotatable bonds is 10. The molecule has 2 amide bonds. The number of pyridine rings is 2. The van der Waals surface area contributed by atoms with E-state index in [-0.39, 0.29) is 22.6 Å². The SMILES string of the molecule is CC(C)(C)[Si](C)(C)Oc1ccc(NC(=O)CC2CCN(c3ccc(Cl)cc3)CC2)nc1.O=C(CC1CCN(c2ccc(Cl)cc2)CC1)Nc1ccc(O)cn1. The molecule has 4 heterocycles. The number of piperidine rings is 2. The van der Waals surface area contributed by atoms with Crippen LogP contribution in [0, 0.1) is 11.8 Å². The van der Waals surface area contributed by atoms with Crippen molar-refractivity contribution in [3.8, 4) is 11.5 Å². The summed E-state index contributed by atoms with van der Waals surface area (Å²) in [5.74, 6) is 2.66. The van der Waals surface area contributed by atoms with Crippen LogP contribution in [0.1, 0.15) is 59.3 Å². The van der Waals surface area contributed by atoms with Gasteiger partial charge in [-0.25, -0.2) is 9.97 Å². The molecule has 2 aliphatic rings. The van der Waals surface area contributed by atoms with E-state index in [0.717, 1.165) is 67.7 Å². The van der Waals surface area contributed by atoms with E-state index in [9.17, 15) is 14.7 Å². The third-order valence-electron chi connectivity index (χ3n) is 10.8. The second-order valence-electron chi connectivity index (χ2n) is 16.0. The highest BCUT2D eigenvalue weighted by Crippen LogP contribution is 2.37. The van der Waals surface area contributed by atoms with Crippen molar-refractivity contribution in [3.05, 3.63) is 95.2 Å². The summed E-state index contributed by atoms with van der Waals surface area (Å²) >= 11 is 11.9. The lowest BCUT2D eigenvalue weighted by Crippen LogP contribution is -2.43. The Morgan fingerprint density at radius 1 is 0.709 bits per heavy atom. The zero-order valence-corrected chi connectivity index (χ0v) is 35.0. The number of benzene rings is 2. The van der Waals surface area contributed by atoms with Crippen molar-refractivity contribution in [2.45, 2.75) is 77.4 Å². The van der Waals surface area contributed by atoms with Gasteiger partial charge in [-0.3, -0.25) is 9.59 Å². The van der Waals surface area contributed by atoms with Gasteiger partial charge >= 0.3 is 0 Å². The van der Waals surface area contributed by atoms with E-state index in [1.807, 2.05) is 48.5 Å². The zero-order chi connectivity index (χ0) is 39.6. The number of anilines is 4. The van der Waals surface area contributed by atoms with Crippen LogP contribution in [-0.4, -0.2) is 61.4 Å². The molecule has 55 heavy (non-hydrogen) atoms. The molecule has 2 saturated heterocycles. The van der Waals surface area contributed by atoms with E-state index >= 15 is 0 Å². The van der Waals surface area contributed by atoms with Crippen LogP contribution in [0.2, 0.25) is 28.2 Å². The van der Waals surface area contributed by atoms with E-state index in [4.69, 9.17) is 27.6 Å². The molecular weight excluding hydrogens is 751 g/mol. The van der Waals surface area contributed by atoms with Crippen LogP contribution in [0.3, 0.4) is 0 Å². The highest BCUT2D eigenvalue weighted by molar-refractivity contribution is 6.74. The van der Waals surface area contributed by atoms with Crippen LogP contribution in [0.4, 0.5) is 23.0 Å². The summed E-state index contributed by atoms with van der Waals surface area (Å²) in [4.78, 5) is 37.7. The first-order chi connectivity index (χ1) is 26.1. The smallest absolute Gasteiger partial charge is 0.250 e. The number of halogens is 2. The Kier molecular flexibility index (Phi) is 14.5. The summed E-state index contributed by atoms with van der Waals surface area (Å²) < 4.78 is 6.25. The summed E-state index contributed by atoms with van der Waals surface area (Å²) in [5.41, 5.74) is 2.37. The van der Waals surface area contributed by atoms with Crippen molar-refractivity contribution in [1.29, 1.82) is 0 Å². The minimum absolute atomic E-state index is 0.0236. The highest BCUT2D eigenvalue weighted by atomic mass is 35.5. The van der Waals surface area contributed by atoms with Crippen molar-refractivity contribution in [2.24, 2.45) is 11.8 Å². The van der Waals surface area contributed by atoms with Gasteiger partial charge < -0.3 is 30.0 Å². The Morgan fingerprint density at radius 2 is 1.13 bits per heavy atom. The minimum Gasteiger partial charge on any atom is -0.542 e. The standard InChI is InChI=1S/C24H34ClN3O2Si.C18H20ClN3O2/c1-24(2,3)31(4,5)30-21-10-11-22(26-17-21)27-23(29)16-18-12-14-28(15-13-18)20-8-6-19(25)7-9-20;19-14-1-3-15(4-2-14)22-9-7-13(8-10-22)11-18(24)21-17-6-5-16(23)12-20-17/h6-11,17-18H,12-16H2,1-5H3,(H,26,27,29);1-6,12-13,23H,7-11H2,(H,20,21,24).